The third-order valence-electron chi connectivity index (χ3n) is 2.41. The number of rotatable bonds is 3. The first-order chi connectivity index (χ1) is 8.97. The highest BCUT2D eigenvalue weighted by Crippen LogP contribution is 2.36. The Hall–Kier alpha value is -0.800. The number of hydrogen-bond donors (Lipinski definition) is 1. The molecule has 0 aromatic heterocycles. The number of halogens is 4. The number of anilines is 1. The van der Waals surface area contributed by atoms with Gasteiger partial charge in [0.25, 0.3) is 0 Å². The zero-order chi connectivity index (χ0) is 14.0. The Kier molecular flexibility index (Phi) is 4.69. The van der Waals surface area contributed by atoms with Gasteiger partial charge in [0.05, 0.1) is 10.0 Å². The van der Waals surface area contributed by atoms with Gasteiger partial charge < -0.3 is 10.5 Å². The van der Waals surface area contributed by atoms with Gasteiger partial charge in [-0.05, 0) is 24.3 Å². The Morgan fingerprint density at radius 1 is 0.895 bits per heavy atom. The van der Waals surface area contributed by atoms with E-state index in [1.807, 2.05) is 0 Å². The minimum atomic E-state index is 0.236. The van der Waals surface area contributed by atoms with Gasteiger partial charge in [-0.3, -0.25) is 0 Å². The van der Waals surface area contributed by atoms with Gasteiger partial charge in [0.1, 0.15) is 6.61 Å². The summed E-state index contributed by atoms with van der Waals surface area (Å²) in [6.07, 6.45) is 0. The summed E-state index contributed by atoms with van der Waals surface area (Å²) in [6.45, 7) is 0.236. The molecule has 0 unspecified atom stereocenters. The lowest BCUT2D eigenvalue weighted by atomic mass is 10.2. The monoisotopic (exact) mass is 335 g/mol. The first-order valence-electron chi connectivity index (χ1n) is 5.28. The molecule has 0 heterocycles. The van der Waals surface area contributed by atoms with Crippen LogP contribution >= 0.6 is 46.4 Å². The van der Waals surface area contributed by atoms with Crippen molar-refractivity contribution in [2.75, 3.05) is 5.73 Å². The van der Waals surface area contributed by atoms with Crippen LogP contribution in [0.25, 0.3) is 0 Å². The molecule has 0 fully saturated rings. The number of nitrogens with two attached hydrogens (primary N) is 1. The Bertz CT molecular complexity index is 593. The average molecular weight is 337 g/mol. The van der Waals surface area contributed by atoms with Crippen molar-refractivity contribution in [3.63, 3.8) is 0 Å². The van der Waals surface area contributed by atoms with Crippen molar-refractivity contribution in [1.29, 1.82) is 0 Å². The topological polar surface area (TPSA) is 35.2 Å². The molecule has 0 radical (unpaired) electrons. The smallest absolute Gasteiger partial charge is 0.157 e. The molecule has 0 spiro atoms. The molecule has 2 rings (SSSR count). The Morgan fingerprint density at radius 3 is 2.11 bits per heavy atom. The molecule has 2 nitrogen and oxygen atoms in total. The third kappa shape index (κ3) is 3.61. The molecule has 6 heteroatoms. The highest BCUT2D eigenvalue weighted by Gasteiger charge is 2.10. The summed E-state index contributed by atoms with van der Waals surface area (Å²) in [4.78, 5) is 0. The maximum Gasteiger partial charge on any atom is 0.157 e. The van der Waals surface area contributed by atoms with Crippen LogP contribution in [0.15, 0.2) is 30.3 Å². The molecule has 2 N–H and O–H groups in total. The fraction of sp³-hybridized carbons (Fsp3) is 0.0769. The van der Waals surface area contributed by atoms with E-state index in [1.54, 1.807) is 30.3 Å². The second kappa shape index (κ2) is 6.10. The molecule has 0 saturated carbocycles. The summed E-state index contributed by atoms with van der Waals surface area (Å²) in [7, 11) is 0. The van der Waals surface area contributed by atoms with Crippen molar-refractivity contribution in [2.24, 2.45) is 0 Å². The first kappa shape index (κ1) is 14.6. The number of ether oxygens (including phenoxy) is 1. The molecule has 2 aromatic rings. The van der Waals surface area contributed by atoms with Gasteiger partial charge in [0.2, 0.25) is 0 Å². The highest BCUT2D eigenvalue weighted by molar-refractivity contribution is 6.40. The van der Waals surface area contributed by atoms with E-state index in [0.29, 0.717) is 31.5 Å². The van der Waals surface area contributed by atoms with Crippen molar-refractivity contribution in [1.82, 2.24) is 0 Å². The van der Waals surface area contributed by atoms with Crippen LogP contribution in [0.2, 0.25) is 20.1 Å². The number of nitrogen functional groups attached to an aromatic ring is 1. The summed E-state index contributed by atoms with van der Waals surface area (Å²) >= 11 is 23.9. The molecule has 19 heavy (non-hydrogen) atoms. The summed E-state index contributed by atoms with van der Waals surface area (Å²) in [5.41, 5.74) is 7.00. The van der Waals surface area contributed by atoms with Gasteiger partial charge in [-0.25, -0.2) is 0 Å². The minimum absolute atomic E-state index is 0.236. The summed E-state index contributed by atoms with van der Waals surface area (Å²) in [6, 6.07) is 8.32. The van der Waals surface area contributed by atoms with E-state index in [9.17, 15) is 0 Å². The zero-order valence-electron chi connectivity index (χ0n) is 9.59. The standard InChI is InChI=1S/C13H9Cl4NO/c14-8-3-11(16)13(12(17)4-8)19-6-7-1-2-9(18)5-10(7)15/h1-5H,6,18H2. The van der Waals surface area contributed by atoms with Crippen molar-refractivity contribution in [3.8, 4) is 5.75 Å². The van der Waals surface area contributed by atoms with Crippen LogP contribution in [0.4, 0.5) is 5.69 Å². The van der Waals surface area contributed by atoms with Crippen LogP contribution in [-0.2, 0) is 6.61 Å². The van der Waals surface area contributed by atoms with E-state index in [2.05, 4.69) is 0 Å². The van der Waals surface area contributed by atoms with Crippen LogP contribution in [-0.4, -0.2) is 0 Å². The molecule has 0 atom stereocenters. The van der Waals surface area contributed by atoms with Crippen molar-refractivity contribution in [2.45, 2.75) is 6.61 Å². The van der Waals surface area contributed by atoms with E-state index < -0.39 is 0 Å². The van der Waals surface area contributed by atoms with E-state index in [0.717, 1.165) is 5.56 Å². The second-order valence-corrected chi connectivity index (χ2v) is 5.50. The fourth-order valence-electron chi connectivity index (χ4n) is 1.50. The van der Waals surface area contributed by atoms with Gasteiger partial charge >= 0.3 is 0 Å². The van der Waals surface area contributed by atoms with Crippen LogP contribution in [0, 0.1) is 0 Å². The molecule has 0 aliphatic rings. The summed E-state index contributed by atoms with van der Waals surface area (Å²) in [5.74, 6) is 0.376. The van der Waals surface area contributed by atoms with Gasteiger partial charge in [-0.15, -0.1) is 0 Å². The lowest BCUT2D eigenvalue weighted by molar-refractivity contribution is 0.307. The molecule has 0 aliphatic carbocycles. The SMILES string of the molecule is Nc1ccc(COc2c(Cl)cc(Cl)cc2Cl)c(Cl)c1. The van der Waals surface area contributed by atoms with Crippen LogP contribution in [0.1, 0.15) is 5.56 Å². The molecule has 2 aromatic carbocycles. The molecular formula is C13H9Cl4NO. The van der Waals surface area contributed by atoms with Crippen molar-refractivity contribution < 1.29 is 4.74 Å². The van der Waals surface area contributed by atoms with Crippen molar-refractivity contribution >= 4 is 52.1 Å². The quantitative estimate of drug-likeness (QED) is 0.755. The van der Waals surface area contributed by atoms with Gasteiger partial charge in [-0.1, -0.05) is 52.5 Å². The first-order valence-corrected chi connectivity index (χ1v) is 6.80. The maximum atomic E-state index is 6.05. The maximum absolute atomic E-state index is 6.05. The van der Waals surface area contributed by atoms with Gasteiger partial charge in [-0.2, -0.15) is 0 Å². The van der Waals surface area contributed by atoms with Crippen LogP contribution < -0.4 is 10.5 Å². The van der Waals surface area contributed by atoms with Gasteiger partial charge in [0.15, 0.2) is 5.75 Å². The van der Waals surface area contributed by atoms with E-state index >= 15 is 0 Å². The largest absolute Gasteiger partial charge is 0.486 e. The van der Waals surface area contributed by atoms with E-state index in [4.69, 9.17) is 56.9 Å². The van der Waals surface area contributed by atoms with Crippen LogP contribution in [0.3, 0.4) is 0 Å². The lowest BCUT2D eigenvalue weighted by Crippen LogP contribution is -1.98. The van der Waals surface area contributed by atoms with Gasteiger partial charge in [0, 0.05) is 21.3 Å². The highest BCUT2D eigenvalue weighted by atomic mass is 35.5. The Labute approximate surface area is 131 Å². The third-order valence-corrected chi connectivity index (χ3v) is 3.54. The minimum Gasteiger partial charge on any atom is -0.486 e. The summed E-state index contributed by atoms with van der Waals surface area (Å²) < 4.78 is 5.58. The van der Waals surface area contributed by atoms with E-state index in [1.165, 1.54) is 0 Å². The lowest BCUT2D eigenvalue weighted by Gasteiger charge is -2.11. The fourth-order valence-corrected chi connectivity index (χ4v) is 2.67. The molecule has 0 saturated heterocycles. The number of benzene rings is 2. The zero-order valence-corrected chi connectivity index (χ0v) is 12.6. The molecule has 0 aliphatic heterocycles. The average Bonchev–Trinajstić information content (AvgIpc) is 2.30. The second-order valence-electron chi connectivity index (χ2n) is 3.84. The Morgan fingerprint density at radius 2 is 1.53 bits per heavy atom. The molecule has 0 bridgehead atoms. The Balaban J connectivity index is 2.19. The van der Waals surface area contributed by atoms with Crippen molar-refractivity contribution in [3.05, 3.63) is 56.0 Å². The summed E-state index contributed by atoms with van der Waals surface area (Å²) in [5, 5.41) is 1.68. The predicted octanol–water partition coefficient (Wildman–Crippen LogP) is 5.46. The molecule has 100 valence electrons. The predicted molar refractivity (Wildman–Crippen MR) is 81.7 cm³/mol. The molecular weight excluding hydrogens is 328 g/mol. The normalized spacial score (nSPS) is 10.5. The molecule has 0 amide bonds. The van der Waals surface area contributed by atoms with Crippen LogP contribution in [0.5, 0.6) is 5.75 Å². The number of hydrogen-bond acceptors (Lipinski definition) is 2. The van der Waals surface area contributed by atoms with E-state index in [-0.39, 0.29) is 6.61 Å².